The van der Waals surface area contributed by atoms with Crippen LogP contribution in [0.1, 0.15) is 20.8 Å². The van der Waals surface area contributed by atoms with Crippen molar-refractivity contribution >= 4 is 5.97 Å². The third kappa shape index (κ3) is 3.15. The molecule has 0 fully saturated rings. The molecule has 0 radical (unpaired) electrons. The monoisotopic (exact) mass is 244 g/mol. The molecule has 0 bridgehead atoms. The van der Waals surface area contributed by atoms with E-state index >= 15 is 0 Å². The van der Waals surface area contributed by atoms with Crippen LogP contribution in [0, 0.1) is 11.6 Å². The Balaban J connectivity index is 2.93. The summed E-state index contributed by atoms with van der Waals surface area (Å²) in [5.74, 6) is -2.97. The van der Waals surface area contributed by atoms with Gasteiger partial charge in [0.05, 0.1) is 6.61 Å². The summed E-state index contributed by atoms with van der Waals surface area (Å²) in [5, 5.41) is 0. The Morgan fingerprint density at radius 2 is 1.82 bits per heavy atom. The molecule has 17 heavy (non-hydrogen) atoms. The van der Waals surface area contributed by atoms with Gasteiger partial charge >= 0.3 is 5.97 Å². The molecule has 0 N–H and O–H groups in total. The molecule has 0 saturated carbocycles. The van der Waals surface area contributed by atoms with E-state index in [9.17, 15) is 13.6 Å². The SMILES string of the molecule is CCOC(=O)C(C)(C)Oc1c(F)cccc1F. The minimum absolute atomic E-state index is 0.172. The van der Waals surface area contributed by atoms with Crippen LogP contribution in [-0.4, -0.2) is 18.2 Å². The van der Waals surface area contributed by atoms with E-state index in [1.165, 1.54) is 19.9 Å². The number of carbonyl (C=O) groups is 1. The normalized spacial score (nSPS) is 11.1. The highest BCUT2D eigenvalue weighted by atomic mass is 19.1. The Kier molecular flexibility index (Phi) is 4.04. The van der Waals surface area contributed by atoms with Crippen LogP contribution in [0.15, 0.2) is 18.2 Å². The number of ether oxygens (including phenoxy) is 2. The Morgan fingerprint density at radius 3 is 2.29 bits per heavy atom. The highest BCUT2D eigenvalue weighted by Crippen LogP contribution is 2.26. The molecule has 0 aromatic heterocycles. The Bertz CT molecular complexity index is 396. The van der Waals surface area contributed by atoms with E-state index in [1.54, 1.807) is 6.92 Å². The van der Waals surface area contributed by atoms with Crippen molar-refractivity contribution in [1.82, 2.24) is 0 Å². The van der Waals surface area contributed by atoms with Gasteiger partial charge in [-0.25, -0.2) is 13.6 Å². The molecule has 0 amide bonds. The third-order valence-electron chi connectivity index (χ3n) is 2.04. The number of rotatable bonds is 4. The summed E-state index contributed by atoms with van der Waals surface area (Å²) >= 11 is 0. The van der Waals surface area contributed by atoms with Crippen LogP contribution in [0.3, 0.4) is 0 Å². The maximum absolute atomic E-state index is 13.3. The molecule has 1 aromatic carbocycles. The van der Waals surface area contributed by atoms with Crippen LogP contribution in [-0.2, 0) is 9.53 Å². The van der Waals surface area contributed by atoms with Crippen LogP contribution in [0.5, 0.6) is 5.75 Å². The first-order chi connectivity index (χ1) is 7.88. The first-order valence-electron chi connectivity index (χ1n) is 5.18. The van der Waals surface area contributed by atoms with Gasteiger partial charge in [0.2, 0.25) is 0 Å². The second-order valence-electron chi connectivity index (χ2n) is 3.88. The smallest absolute Gasteiger partial charge is 0.349 e. The number of para-hydroxylation sites is 1. The van der Waals surface area contributed by atoms with Gasteiger partial charge in [-0.3, -0.25) is 0 Å². The Labute approximate surface area is 98.3 Å². The van der Waals surface area contributed by atoms with Crippen molar-refractivity contribution in [3.63, 3.8) is 0 Å². The number of hydrogen-bond acceptors (Lipinski definition) is 3. The first kappa shape index (κ1) is 13.4. The number of carbonyl (C=O) groups excluding carboxylic acids is 1. The molecule has 0 atom stereocenters. The Morgan fingerprint density at radius 1 is 1.29 bits per heavy atom. The van der Waals surface area contributed by atoms with Crippen molar-refractivity contribution in [3.05, 3.63) is 29.8 Å². The fourth-order valence-electron chi connectivity index (χ4n) is 1.18. The minimum Gasteiger partial charge on any atom is -0.470 e. The van der Waals surface area contributed by atoms with E-state index in [2.05, 4.69) is 0 Å². The van der Waals surface area contributed by atoms with Crippen LogP contribution in [0.2, 0.25) is 0 Å². The summed E-state index contributed by atoms with van der Waals surface area (Å²) in [6, 6.07) is 3.33. The van der Waals surface area contributed by atoms with E-state index in [1.807, 2.05) is 0 Å². The maximum Gasteiger partial charge on any atom is 0.349 e. The third-order valence-corrected chi connectivity index (χ3v) is 2.04. The van der Waals surface area contributed by atoms with Crippen LogP contribution < -0.4 is 4.74 Å². The molecule has 0 aliphatic carbocycles. The summed E-state index contributed by atoms with van der Waals surface area (Å²) in [4.78, 5) is 11.5. The number of benzene rings is 1. The maximum atomic E-state index is 13.3. The zero-order valence-corrected chi connectivity index (χ0v) is 9.92. The molecule has 0 spiro atoms. The fourth-order valence-corrected chi connectivity index (χ4v) is 1.18. The predicted molar refractivity (Wildman–Crippen MR) is 57.7 cm³/mol. The molecule has 0 aliphatic heterocycles. The number of halogens is 2. The second-order valence-corrected chi connectivity index (χ2v) is 3.88. The number of hydrogen-bond donors (Lipinski definition) is 0. The molecule has 94 valence electrons. The average Bonchev–Trinajstić information content (AvgIpc) is 2.24. The molecule has 0 unspecified atom stereocenters. The zero-order valence-electron chi connectivity index (χ0n) is 9.92. The molecule has 0 aliphatic rings. The summed E-state index contributed by atoms with van der Waals surface area (Å²) in [7, 11) is 0. The van der Waals surface area contributed by atoms with Crippen molar-refractivity contribution < 1.29 is 23.0 Å². The van der Waals surface area contributed by atoms with E-state index in [4.69, 9.17) is 9.47 Å². The summed E-state index contributed by atoms with van der Waals surface area (Å²) in [5.41, 5.74) is -1.45. The zero-order chi connectivity index (χ0) is 13.1. The minimum atomic E-state index is -1.45. The van der Waals surface area contributed by atoms with E-state index in [0.717, 1.165) is 12.1 Å². The summed E-state index contributed by atoms with van der Waals surface area (Å²) < 4.78 is 36.4. The summed E-state index contributed by atoms with van der Waals surface area (Å²) in [6.45, 7) is 4.58. The Hall–Kier alpha value is -1.65. The van der Waals surface area contributed by atoms with Crippen molar-refractivity contribution in [1.29, 1.82) is 0 Å². The van der Waals surface area contributed by atoms with Gasteiger partial charge in [0, 0.05) is 0 Å². The van der Waals surface area contributed by atoms with Gasteiger partial charge in [0.25, 0.3) is 0 Å². The molecule has 3 nitrogen and oxygen atoms in total. The topological polar surface area (TPSA) is 35.5 Å². The highest BCUT2D eigenvalue weighted by molar-refractivity contribution is 5.79. The average molecular weight is 244 g/mol. The molecule has 0 heterocycles. The van der Waals surface area contributed by atoms with Crippen LogP contribution >= 0.6 is 0 Å². The van der Waals surface area contributed by atoms with Gasteiger partial charge in [-0.1, -0.05) is 6.07 Å². The molecule has 1 aromatic rings. The molecular formula is C12H14F2O3. The van der Waals surface area contributed by atoms with Crippen molar-refractivity contribution in [3.8, 4) is 5.75 Å². The quantitative estimate of drug-likeness (QED) is 0.764. The van der Waals surface area contributed by atoms with Crippen molar-refractivity contribution in [2.24, 2.45) is 0 Å². The van der Waals surface area contributed by atoms with Crippen molar-refractivity contribution in [2.75, 3.05) is 6.61 Å². The van der Waals surface area contributed by atoms with Gasteiger partial charge in [-0.15, -0.1) is 0 Å². The second kappa shape index (κ2) is 5.12. The van der Waals surface area contributed by atoms with Gasteiger partial charge < -0.3 is 9.47 Å². The first-order valence-corrected chi connectivity index (χ1v) is 5.18. The number of esters is 1. The lowest BCUT2D eigenvalue weighted by molar-refractivity contribution is -0.159. The van der Waals surface area contributed by atoms with E-state index in [0.29, 0.717) is 0 Å². The van der Waals surface area contributed by atoms with Crippen LogP contribution in [0.25, 0.3) is 0 Å². The largest absolute Gasteiger partial charge is 0.470 e. The van der Waals surface area contributed by atoms with E-state index in [-0.39, 0.29) is 6.61 Å². The molecular weight excluding hydrogens is 230 g/mol. The highest BCUT2D eigenvalue weighted by Gasteiger charge is 2.33. The van der Waals surface area contributed by atoms with Gasteiger partial charge in [0.15, 0.2) is 23.0 Å². The lowest BCUT2D eigenvalue weighted by Gasteiger charge is -2.24. The van der Waals surface area contributed by atoms with Gasteiger partial charge in [-0.2, -0.15) is 0 Å². The lowest BCUT2D eigenvalue weighted by atomic mass is 10.1. The van der Waals surface area contributed by atoms with Crippen LogP contribution in [0.4, 0.5) is 8.78 Å². The predicted octanol–water partition coefficient (Wildman–Crippen LogP) is 2.69. The standard InChI is InChI=1S/C12H14F2O3/c1-4-16-11(15)12(2,3)17-10-8(13)6-5-7-9(10)14/h5-7H,4H2,1-3H3. The van der Waals surface area contributed by atoms with E-state index < -0.39 is 29.0 Å². The molecule has 1 rings (SSSR count). The van der Waals surface area contributed by atoms with Gasteiger partial charge in [-0.05, 0) is 32.9 Å². The molecule has 5 heteroatoms. The lowest BCUT2D eigenvalue weighted by Crippen LogP contribution is -2.40. The molecule has 0 saturated heterocycles. The summed E-state index contributed by atoms with van der Waals surface area (Å²) in [6.07, 6.45) is 0. The van der Waals surface area contributed by atoms with Crippen molar-refractivity contribution in [2.45, 2.75) is 26.4 Å². The van der Waals surface area contributed by atoms with Gasteiger partial charge in [0.1, 0.15) is 0 Å². The fraction of sp³-hybridized carbons (Fsp3) is 0.417.